The number of aromatic nitrogens is 2. The molecule has 5 nitrogen and oxygen atoms in total. The zero-order valence-electron chi connectivity index (χ0n) is 15.2. The molecule has 0 radical (unpaired) electrons. The van der Waals surface area contributed by atoms with Crippen LogP contribution in [-0.4, -0.2) is 28.6 Å². The molecule has 0 fully saturated rings. The Morgan fingerprint density at radius 1 is 1.25 bits per heavy atom. The molecule has 0 spiro atoms. The SMILES string of the molecule is Cc1cc(C)n([C@@H](CNC(=O)c2ccc(OC(F)(F)F)cc2)c2ccsc2)n1. The maximum absolute atomic E-state index is 12.4. The Balaban J connectivity index is 1.71. The second-order valence-electron chi connectivity index (χ2n) is 6.23. The van der Waals surface area contributed by atoms with Crippen LogP contribution in [0.25, 0.3) is 0 Å². The molecule has 0 bridgehead atoms. The number of halogens is 3. The molecule has 148 valence electrons. The molecule has 0 aliphatic carbocycles. The fourth-order valence-electron chi connectivity index (χ4n) is 2.87. The predicted molar refractivity (Wildman–Crippen MR) is 99.6 cm³/mol. The lowest BCUT2D eigenvalue weighted by Gasteiger charge is -2.19. The number of rotatable bonds is 6. The second-order valence-corrected chi connectivity index (χ2v) is 7.01. The Morgan fingerprint density at radius 2 is 1.96 bits per heavy atom. The summed E-state index contributed by atoms with van der Waals surface area (Å²) >= 11 is 1.55. The van der Waals surface area contributed by atoms with Crippen molar-refractivity contribution in [2.75, 3.05) is 6.54 Å². The Kier molecular flexibility index (Phi) is 5.73. The van der Waals surface area contributed by atoms with Crippen LogP contribution in [-0.2, 0) is 0 Å². The smallest absolute Gasteiger partial charge is 0.406 e. The van der Waals surface area contributed by atoms with Gasteiger partial charge in [-0.3, -0.25) is 9.48 Å². The van der Waals surface area contributed by atoms with Gasteiger partial charge >= 0.3 is 6.36 Å². The molecule has 1 aromatic carbocycles. The van der Waals surface area contributed by atoms with Crippen molar-refractivity contribution < 1.29 is 22.7 Å². The van der Waals surface area contributed by atoms with Crippen molar-refractivity contribution in [1.82, 2.24) is 15.1 Å². The average Bonchev–Trinajstić information content (AvgIpc) is 3.24. The van der Waals surface area contributed by atoms with Gasteiger partial charge in [-0.2, -0.15) is 16.4 Å². The van der Waals surface area contributed by atoms with E-state index in [1.54, 1.807) is 11.3 Å². The van der Waals surface area contributed by atoms with E-state index in [4.69, 9.17) is 0 Å². The molecule has 0 aliphatic heterocycles. The summed E-state index contributed by atoms with van der Waals surface area (Å²) in [6, 6.07) is 8.55. The Bertz CT molecular complexity index is 934. The van der Waals surface area contributed by atoms with Crippen LogP contribution in [0.2, 0.25) is 0 Å². The van der Waals surface area contributed by atoms with E-state index in [1.807, 2.05) is 41.4 Å². The molecule has 1 amide bonds. The average molecular weight is 409 g/mol. The van der Waals surface area contributed by atoms with Crippen LogP contribution < -0.4 is 10.1 Å². The van der Waals surface area contributed by atoms with Gasteiger partial charge in [0.1, 0.15) is 5.75 Å². The number of carbonyl (C=O) groups excluding carboxylic acids is 1. The van der Waals surface area contributed by atoms with E-state index in [1.165, 1.54) is 12.1 Å². The quantitative estimate of drug-likeness (QED) is 0.653. The van der Waals surface area contributed by atoms with E-state index in [-0.39, 0.29) is 23.3 Å². The molecule has 0 saturated carbocycles. The minimum absolute atomic E-state index is 0.184. The largest absolute Gasteiger partial charge is 0.573 e. The van der Waals surface area contributed by atoms with Crippen LogP contribution >= 0.6 is 11.3 Å². The van der Waals surface area contributed by atoms with Crippen LogP contribution in [0, 0.1) is 13.8 Å². The number of thiophene rings is 1. The number of alkyl halides is 3. The van der Waals surface area contributed by atoms with Crippen LogP contribution in [0.3, 0.4) is 0 Å². The van der Waals surface area contributed by atoms with Gasteiger partial charge in [-0.1, -0.05) is 0 Å². The number of nitrogens with zero attached hydrogens (tertiary/aromatic N) is 2. The molecule has 9 heteroatoms. The Labute approximate surface area is 163 Å². The molecule has 2 aromatic heterocycles. The lowest BCUT2D eigenvalue weighted by molar-refractivity contribution is -0.274. The molecule has 2 heterocycles. The summed E-state index contributed by atoms with van der Waals surface area (Å²) in [7, 11) is 0. The number of hydrogen-bond acceptors (Lipinski definition) is 4. The first-order valence-corrected chi connectivity index (χ1v) is 9.36. The first-order chi connectivity index (χ1) is 13.2. The first kappa shape index (κ1) is 19.9. The highest BCUT2D eigenvalue weighted by atomic mass is 32.1. The highest BCUT2D eigenvalue weighted by Gasteiger charge is 2.31. The number of carbonyl (C=O) groups is 1. The molecule has 0 unspecified atom stereocenters. The lowest BCUT2D eigenvalue weighted by atomic mass is 10.1. The third-order valence-electron chi connectivity index (χ3n) is 4.07. The van der Waals surface area contributed by atoms with Gasteiger partial charge in [-0.15, -0.1) is 13.2 Å². The van der Waals surface area contributed by atoms with Crippen LogP contribution in [0.5, 0.6) is 5.75 Å². The molecule has 1 N–H and O–H groups in total. The van der Waals surface area contributed by atoms with Gasteiger partial charge in [0.2, 0.25) is 0 Å². The minimum atomic E-state index is -4.77. The van der Waals surface area contributed by atoms with Crippen LogP contribution in [0.1, 0.15) is 33.4 Å². The van der Waals surface area contributed by atoms with Crippen molar-refractivity contribution in [3.8, 4) is 5.75 Å². The van der Waals surface area contributed by atoms with Gasteiger partial charge in [-0.05, 0) is 66.6 Å². The summed E-state index contributed by atoms with van der Waals surface area (Å²) in [4.78, 5) is 12.4. The zero-order valence-corrected chi connectivity index (χ0v) is 16.0. The highest BCUT2D eigenvalue weighted by molar-refractivity contribution is 7.08. The number of hydrogen-bond donors (Lipinski definition) is 1. The van der Waals surface area contributed by atoms with Crippen molar-refractivity contribution in [2.24, 2.45) is 0 Å². The van der Waals surface area contributed by atoms with E-state index in [9.17, 15) is 18.0 Å². The fraction of sp³-hybridized carbons (Fsp3) is 0.263. The minimum Gasteiger partial charge on any atom is -0.406 e. The Hall–Kier alpha value is -2.81. The molecule has 0 saturated heterocycles. The fourth-order valence-corrected chi connectivity index (χ4v) is 3.58. The van der Waals surface area contributed by atoms with E-state index < -0.39 is 6.36 Å². The van der Waals surface area contributed by atoms with Gasteiger partial charge in [0.15, 0.2) is 0 Å². The van der Waals surface area contributed by atoms with E-state index >= 15 is 0 Å². The molecule has 3 rings (SSSR count). The number of nitrogens with one attached hydrogen (secondary N) is 1. The number of aryl methyl sites for hydroxylation is 2. The van der Waals surface area contributed by atoms with Crippen LogP contribution in [0.15, 0.2) is 47.2 Å². The summed E-state index contributed by atoms with van der Waals surface area (Å²) in [5.74, 6) is -0.761. The zero-order chi connectivity index (χ0) is 20.3. The van der Waals surface area contributed by atoms with Gasteiger partial charge in [0.25, 0.3) is 5.91 Å². The number of ether oxygens (including phenoxy) is 1. The predicted octanol–water partition coefficient (Wildman–Crippen LogP) is 4.48. The number of amides is 1. The summed E-state index contributed by atoms with van der Waals surface area (Å²) in [5, 5.41) is 11.3. The number of benzene rings is 1. The van der Waals surface area contributed by atoms with Crippen molar-refractivity contribution in [1.29, 1.82) is 0 Å². The molecule has 28 heavy (non-hydrogen) atoms. The van der Waals surface area contributed by atoms with Crippen molar-refractivity contribution >= 4 is 17.2 Å². The normalized spacial score (nSPS) is 12.6. The maximum Gasteiger partial charge on any atom is 0.573 e. The molecular formula is C19H18F3N3O2S. The van der Waals surface area contributed by atoms with Crippen molar-refractivity contribution in [3.05, 3.63) is 69.7 Å². The first-order valence-electron chi connectivity index (χ1n) is 8.42. The monoisotopic (exact) mass is 409 g/mol. The van der Waals surface area contributed by atoms with Crippen molar-refractivity contribution in [2.45, 2.75) is 26.3 Å². The highest BCUT2D eigenvalue weighted by Crippen LogP contribution is 2.24. The van der Waals surface area contributed by atoms with Crippen LogP contribution in [0.4, 0.5) is 13.2 Å². The summed E-state index contributed by atoms with van der Waals surface area (Å²) in [6.07, 6.45) is -4.77. The summed E-state index contributed by atoms with van der Waals surface area (Å²) < 4.78 is 42.4. The van der Waals surface area contributed by atoms with Gasteiger partial charge in [0, 0.05) is 17.8 Å². The molecule has 3 aromatic rings. The second kappa shape index (κ2) is 8.05. The topological polar surface area (TPSA) is 56.2 Å². The molecule has 1 atom stereocenters. The standard InChI is InChI=1S/C19H18F3N3O2S/c1-12-9-13(2)25(24-12)17(15-7-8-28-11-15)10-23-18(26)14-3-5-16(6-4-14)27-19(20,21)22/h3-9,11,17H,10H2,1-2H3,(H,23,26)/t17-/m0/s1. The van der Waals surface area contributed by atoms with Gasteiger partial charge < -0.3 is 10.1 Å². The van der Waals surface area contributed by atoms with E-state index in [0.717, 1.165) is 29.1 Å². The van der Waals surface area contributed by atoms with E-state index in [0.29, 0.717) is 6.54 Å². The summed E-state index contributed by atoms with van der Waals surface area (Å²) in [5.41, 5.74) is 3.11. The lowest BCUT2D eigenvalue weighted by Crippen LogP contribution is -2.32. The molecular weight excluding hydrogens is 391 g/mol. The third-order valence-corrected chi connectivity index (χ3v) is 4.78. The third kappa shape index (κ3) is 4.92. The van der Waals surface area contributed by atoms with Crippen molar-refractivity contribution in [3.63, 3.8) is 0 Å². The van der Waals surface area contributed by atoms with Gasteiger partial charge in [0.05, 0.1) is 11.7 Å². The Morgan fingerprint density at radius 3 is 2.50 bits per heavy atom. The van der Waals surface area contributed by atoms with Gasteiger partial charge in [-0.25, -0.2) is 0 Å². The maximum atomic E-state index is 12.4. The summed E-state index contributed by atoms with van der Waals surface area (Å²) in [6.45, 7) is 4.14. The van der Waals surface area contributed by atoms with E-state index in [2.05, 4.69) is 15.2 Å². The molecule has 0 aliphatic rings.